The number of aromatic nitrogens is 3. The smallest absolute Gasteiger partial charge is 0.231 e. The van der Waals surface area contributed by atoms with E-state index in [4.69, 9.17) is 0 Å². The Hall–Kier alpha value is -1.59. The van der Waals surface area contributed by atoms with Gasteiger partial charge in [0.05, 0.1) is 0 Å². The first-order valence-corrected chi connectivity index (χ1v) is 8.24. The van der Waals surface area contributed by atoms with Gasteiger partial charge in [0, 0.05) is 25.7 Å². The van der Waals surface area contributed by atoms with Crippen molar-refractivity contribution in [2.45, 2.75) is 58.9 Å². The molecule has 118 valence electrons. The highest BCUT2D eigenvalue weighted by molar-refractivity contribution is 5.44. The average Bonchev–Trinajstić information content (AvgIpc) is 2.99. The van der Waals surface area contributed by atoms with E-state index in [2.05, 4.69) is 51.3 Å². The van der Waals surface area contributed by atoms with Crippen molar-refractivity contribution in [3.63, 3.8) is 0 Å². The second-order valence-corrected chi connectivity index (χ2v) is 5.74. The molecule has 1 saturated heterocycles. The lowest BCUT2D eigenvalue weighted by Gasteiger charge is -2.19. The fourth-order valence-corrected chi connectivity index (χ4v) is 2.53. The van der Waals surface area contributed by atoms with E-state index in [-0.39, 0.29) is 0 Å². The molecule has 0 radical (unpaired) electrons. The fraction of sp³-hybridized carbons (Fsp3) is 0.800. The monoisotopic (exact) mass is 292 g/mol. The molecular weight excluding hydrogens is 264 g/mol. The zero-order valence-corrected chi connectivity index (χ0v) is 13.5. The first kappa shape index (κ1) is 15.8. The van der Waals surface area contributed by atoms with Gasteiger partial charge in [-0.2, -0.15) is 15.0 Å². The van der Waals surface area contributed by atoms with Crippen LogP contribution in [0.5, 0.6) is 0 Å². The average molecular weight is 292 g/mol. The Morgan fingerprint density at radius 2 is 1.76 bits per heavy atom. The van der Waals surface area contributed by atoms with Crippen LogP contribution in [0.25, 0.3) is 0 Å². The zero-order chi connectivity index (χ0) is 15.1. The van der Waals surface area contributed by atoms with E-state index in [1.807, 2.05) is 0 Å². The first-order chi connectivity index (χ1) is 10.2. The molecule has 1 fully saturated rings. The third-order valence-corrected chi connectivity index (χ3v) is 3.64. The van der Waals surface area contributed by atoms with E-state index in [0.29, 0.717) is 17.9 Å². The molecule has 1 aromatic heterocycles. The molecule has 2 heterocycles. The normalized spacial score (nSPS) is 16.0. The second-order valence-electron chi connectivity index (χ2n) is 5.74. The molecule has 1 atom stereocenters. The van der Waals surface area contributed by atoms with Gasteiger partial charge in [-0.05, 0) is 32.6 Å². The summed E-state index contributed by atoms with van der Waals surface area (Å²) in [5.41, 5.74) is 0. The maximum absolute atomic E-state index is 4.60. The van der Waals surface area contributed by atoms with Crippen LogP contribution in [0.4, 0.5) is 17.8 Å². The molecule has 2 rings (SSSR count). The number of hydrogen-bond acceptors (Lipinski definition) is 6. The number of nitrogens with one attached hydrogen (secondary N) is 2. The number of rotatable bonds is 8. The van der Waals surface area contributed by atoms with Gasteiger partial charge in [-0.25, -0.2) is 0 Å². The Morgan fingerprint density at radius 1 is 1.05 bits per heavy atom. The topological polar surface area (TPSA) is 66.0 Å². The van der Waals surface area contributed by atoms with Crippen LogP contribution in [0.15, 0.2) is 0 Å². The Labute approximate surface area is 127 Å². The summed E-state index contributed by atoms with van der Waals surface area (Å²) in [6, 6.07) is 0.378. The summed E-state index contributed by atoms with van der Waals surface area (Å²) in [7, 11) is 0. The Balaban J connectivity index is 2.14. The van der Waals surface area contributed by atoms with Crippen molar-refractivity contribution in [3.8, 4) is 0 Å². The van der Waals surface area contributed by atoms with Gasteiger partial charge in [0.2, 0.25) is 17.8 Å². The van der Waals surface area contributed by atoms with E-state index in [9.17, 15) is 0 Å². The predicted molar refractivity (Wildman–Crippen MR) is 88.0 cm³/mol. The van der Waals surface area contributed by atoms with Crippen LogP contribution in [0, 0.1) is 0 Å². The third-order valence-electron chi connectivity index (χ3n) is 3.64. The minimum atomic E-state index is 0.378. The molecule has 0 aliphatic carbocycles. The van der Waals surface area contributed by atoms with Crippen LogP contribution < -0.4 is 15.5 Å². The highest BCUT2D eigenvalue weighted by Gasteiger charge is 2.17. The molecule has 6 nitrogen and oxygen atoms in total. The predicted octanol–water partition coefficient (Wildman–Crippen LogP) is 2.89. The van der Waals surface area contributed by atoms with Gasteiger partial charge in [-0.3, -0.25) is 0 Å². The molecular formula is C15H28N6. The van der Waals surface area contributed by atoms with Crippen LogP contribution >= 0.6 is 0 Å². The molecule has 0 amide bonds. The van der Waals surface area contributed by atoms with Crippen molar-refractivity contribution in [3.05, 3.63) is 0 Å². The van der Waals surface area contributed by atoms with Crippen molar-refractivity contribution in [2.75, 3.05) is 35.2 Å². The number of anilines is 3. The summed E-state index contributed by atoms with van der Waals surface area (Å²) in [5.74, 6) is 2.17. The van der Waals surface area contributed by atoms with Crippen molar-refractivity contribution >= 4 is 17.8 Å². The van der Waals surface area contributed by atoms with Crippen LogP contribution in [0.1, 0.15) is 52.9 Å². The van der Waals surface area contributed by atoms with Gasteiger partial charge in [0.1, 0.15) is 0 Å². The molecule has 6 heteroatoms. The number of hydrogen-bond donors (Lipinski definition) is 2. The number of nitrogens with zero attached hydrogens (tertiary/aromatic N) is 4. The lowest BCUT2D eigenvalue weighted by molar-refractivity contribution is 0.682. The van der Waals surface area contributed by atoms with E-state index in [0.717, 1.165) is 44.8 Å². The van der Waals surface area contributed by atoms with Crippen LogP contribution in [0.2, 0.25) is 0 Å². The van der Waals surface area contributed by atoms with Crippen molar-refractivity contribution < 1.29 is 0 Å². The van der Waals surface area contributed by atoms with Crippen molar-refractivity contribution in [1.29, 1.82) is 0 Å². The van der Waals surface area contributed by atoms with E-state index >= 15 is 0 Å². The molecule has 1 unspecified atom stereocenters. The Morgan fingerprint density at radius 3 is 2.43 bits per heavy atom. The maximum Gasteiger partial charge on any atom is 0.231 e. The Bertz CT molecular complexity index is 430. The highest BCUT2D eigenvalue weighted by atomic mass is 15.3. The quantitative estimate of drug-likeness (QED) is 0.768. The summed E-state index contributed by atoms with van der Waals surface area (Å²) in [4.78, 5) is 15.9. The minimum absolute atomic E-state index is 0.378. The van der Waals surface area contributed by atoms with Gasteiger partial charge < -0.3 is 15.5 Å². The standard InChI is InChI=1S/C15H28N6/c1-4-8-12(3)17-14-18-13(16-9-5-2)19-15(20-14)21-10-6-7-11-21/h12H,4-11H2,1-3H3,(H2,16,17,18,19,20). The molecule has 2 N–H and O–H groups in total. The lowest BCUT2D eigenvalue weighted by atomic mass is 10.2. The van der Waals surface area contributed by atoms with Gasteiger partial charge in [0.15, 0.2) is 0 Å². The lowest BCUT2D eigenvalue weighted by Crippen LogP contribution is -2.24. The SMILES string of the molecule is CCCNc1nc(NC(C)CCC)nc(N2CCCC2)n1. The van der Waals surface area contributed by atoms with Crippen molar-refractivity contribution in [2.24, 2.45) is 0 Å². The second kappa shape index (κ2) is 8.00. The van der Waals surface area contributed by atoms with Gasteiger partial charge in [0.25, 0.3) is 0 Å². The maximum atomic E-state index is 4.60. The molecule has 1 aliphatic heterocycles. The Kier molecular flexibility index (Phi) is 6.02. The molecule has 0 bridgehead atoms. The van der Waals surface area contributed by atoms with Crippen molar-refractivity contribution in [1.82, 2.24) is 15.0 Å². The molecule has 0 aromatic carbocycles. The summed E-state index contributed by atoms with van der Waals surface area (Å²) >= 11 is 0. The summed E-state index contributed by atoms with van der Waals surface area (Å²) in [6.45, 7) is 9.46. The van der Waals surface area contributed by atoms with Crippen LogP contribution in [-0.2, 0) is 0 Å². The molecule has 0 spiro atoms. The van der Waals surface area contributed by atoms with Crippen LogP contribution in [-0.4, -0.2) is 40.6 Å². The summed E-state index contributed by atoms with van der Waals surface area (Å²) in [6.07, 6.45) is 5.76. The first-order valence-electron chi connectivity index (χ1n) is 8.24. The van der Waals surface area contributed by atoms with Gasteiger partial charge in [-0.1, -0.05) is 20.3 Å². The van der Waals surface area contributed by atoms with Crippen LogP contribution in [0.3, 0.4) is 0 Å². The minimum Gasteiger partial charge on any atom is -0.354 e. The van der Waals surface area contributed by atoms with E-state index in [1.54, 1.807) is 0 Å². The summed E-state index contributed by atoms with van der Waals surface area (Å²) in [5, 5.41) is 6.67. The van der Waals surface area contributed by atoms with Gasteiger partial charge >= 0.3 is 0 Å². The molecule has 1 aromatic rings. The largest absolute Gasteiger partial charge is 0.354 e. The molecule has 0 saturated carbocycles. The fourth-order valence-electron chi connectivity index (χ4n) is 2.53. The highest BCUT2D eigenvalue weighted by Crippen LogP contribution is 2.19. The molecule has 1 aliphatic rings. The summed E-state index contributed by atoms with van der Waals surface area (Å²) < 4.78 is 0. The third kappa shape index (κ3) is 4.72. The van der Waals surface area contributed by atoms with Gasteiger partial charge in [-0.15, -0.1) is 0 Å². The molecule has 21 heavy (non-hydrogen) atoms. The zero-order valence-electron chi connectivity index (χ0n) is 13.5. The van der Waals surface area contributed by atoms with E-state index < -0.39 is 0 Å². The van der Waals surface area contributed by atoms with E-state index in [1.165, 1.54) is 12.8 Å².